The minimum atomic E-state index is 0.427. The van der Waals surface area contributed by atoms with Crippen LogP contribution in [0, 0.1) is 29.6 Å². The van der Waals surface area contributed by atoms with E-state index >= 15 is 0 Å². The summed E-state index contributed by atoms with van der Waals surface area (Å²) in [5.41, 5.74) is 1.64. The lowest BCUT2D eigenvalue weighted by Gasteiger charge is -2.35. The molecule has 4 atom stereocenters. The van der Waals surface area contributed by atoms with E-state index in [1.165, 1.54) is 89.9 Å². The van der Waals surface area contributed by atoms with Gasteiger partial charge in [0.1, 0.15) is 0 Å². The lowest BCUT2D eigenvalue weighted by atomic mass is 9.71. The first-order valence-electron chi connectivity index (χ1n) is 12.8. The molecule has 0 N–H and O–H groups in total. The molecule has 2 fully saturated rings. The zero-order valence-corrected chi connectivity index (χ0v) is 18.2. The van der Waals surface area contributed by atoms with Gasteiger partial charge >= 0.3 is 0 Å². The van der Waals surface area contributed by atoms with Crippen LogP contribution in [0.4, 0.5) is 0 Å². The number of azo groups is 1. The van der Waals surface area contributed by atoms with Crippen LogP contribution in [0.5, 0.6) is 0 Å². The molecule has 0 aromatic carbocycles. The first-order valence-corrected chi connectivity index (χ1v) is 12.8. The topological polar surface area (TPSA) is 24.7 Å². The number of rotatable bonds is 4. The van der Waals surface area contributed by atoms with Gasteiger partial charge in [-0.1, -0.05) is 62.5 Å². The molecular formula is C27H40N2. The summed E-state index contributed by atoms with van der Waals surface area (Å²) in [7, 11) is 0. The van der Waals surface area contributed by atoms with Crippen molar-refractivity contribution in [2.45, 2.75) is 102 Å². The number of nitrogens with zero attached hydrogens (tertiary/aromatic N) is 2. The zero-order valence-electron chi connectivity index (χ0n) is 18.2. The molecule has 0 spiro atoms. The van der Waals surface area contributed by atoms with Crippen LogP contribution in [0.25, 0.3) is 0 Å². The van der Waals surface area contributed by atoms with E-state index in [9.17, 15) is 0 Å². The Balaban J connectivity index is 1.09. The zero-order chi connectivity index (χ0) is 19.5. The fourth-order valence-corrected chi connectivity index (χ4v) is 7.12. The van der Waals surface area contributed by atoms with Crippen LogP contribution in [0.3, 0.4) is 0 Å². The van der Waals surface area contributed by atoms with Gasteiger partial charge in [-0.15, -0.1) is 0 Å². The van der Waals surface area contributed by atoms with E-state index in [2.05, 4.69) is 30.4 Å². The van der Waals surface area contributed by atoms with Crippen LogP contribution >= 0.6 is 0 Å². The lowest BCUT2D eigenvalue weighted by Crippen LogP contribution is -2.28. The Morgan fingerprint density at radius 2 is 1.52 bits per heavy atom. The molecule has 0 aromatic heterocycles. The molecule has 1 aliphatic heterocycles. The van der Waals surface area contributed by atoms with Crippen molar-refractivity contribution in [2.24, 2.45) is 39.8 Å². The van der Waals surface area contributed by atoms with Crippen molar-refractivity contribution >= 4 is 0 Å². The number of hydrogen-bond acceptors (Lipinski definition) is 2. The van der Waals surface area contributed by atoms with E-state index in [1.807, 2.05) is 0 Å². The summed E-state index contributed by atoms with van der Waals surface area (Å²) in [5.74, 6) is 4.47. The maximum absolute atomic E-state index is 4.82. The molecule has 5 rings (SSSR count). The fourth-order valence-electron chi connectivity index (χ4n) is 7.12. The van der Waals surface area contributed by atoms with E-state index in [1.54, 1.807) is 5.57 Å². The molecule has 0 saturated heterocycles. The van der Waals surface area contributed by atoms with E-state index in [0.717, 1.165) is 29.6 Å². The molecule has 5 aliphatic rings. The van der Waals surface area contributed by atoms with Crippen LogP contribution < -0.4 is 0 Å². The van der Waals surface area contributed by atoms with Crippen molar-refractivity contribution in [3.63, 3.8) is 0 Å². The maximum Gasteiger partial charge on any atom is 0.0939 e. The molecule has 2 heteroatoms. The molecule has 0 amide bonds. The fraction of sp³-hybridized carbons (Fsp3) is 0.778. The van der Waals surface area contributed by atoms with Crippen LogP contribution in [-0.4, -0.2) is 12.1 Å². The molecule has 0 aromatic rings. The highest BCUT2D eigenvalue weighted by atomic mass is 15.2. The van der Waals surface area contributed by atoms with Gasteiger partial charge in [-0.3, -0.25) is 0 Å². The van der Waals surface area contributed by atoms with Crippen molar-refractivity contribution in [1.82, 2.24) is 0 Å². The summed E-state index contributed by atoms with van der Waals surface area (Å²) in [4.78, 5) is 0. The first kappa shape index (κ1) is 19.8. The highest BCUT2D eigenvalue weighted by molar-refractivity contribution is 5.17. The van der Waals surface area contributed by atoms with Gasteiger partial charge in [0.25, 0.3) is 0 Å². The van der Waals surface area contributed by atoms with Crippen molar-refractivity contribution in [3.05, 3.63) is 36.0 Å². The van der Waals surface area contributed by atoms with Gasteiger partial charge < -0.3 is 0 Å². The average Bonchev–Trinajstić information content (AvgIpc) is 3.31. The van der Waals surface area contributed by atoms with Gasteiger partial charge in [0.15, 0.2) is 0 Å². The molecule has 2 nitrogen and oxygen atoms in total. The predicted octanol–water partition coefficient (Wildman–Crippen LogP) is 7.83. The van der Waals surface area contributed by atoms with Crippen molar-refractivity contribution in [1.29, 1.82) is 0 Å². The highest BCUT2D eigenvalue weighted by Gasteiger charge is 2.36. The van der Waals surface area contributed by atoms with Crippen LogP contribution in [0.2, 0.25) is 0 Å². The van der Waals surface area contributed by atoms with E-state index < -0.39 is 0 Å². The molecule has 4 unspecified atom stereocenters. The first-order chi connectivity index (χ1) is 14.4. The third kappa shape index (κ3) is 4.62. The second-order valence-electron chi connectivity index (χ2n) is 10.6. The summed E-state index contributed by atoms with van der Waals surface area (Å²) < 4.78 is 0. The third-order valence-corrected chi connectivity index (χ3v) is 9.03. The van der Waals surface area contributed by atoms with E-state index in [0.29, 0.717) is 12.1 Å². The Morgan fingerprint density at radius 3 is 2.24 bits per heavy atom. The monoisotopic (exact) mass is 392 g/mol. The predicted molar refractivity (Wildman–Crippen MR) is 121 cm³/mol. The summed E-state index contributed by atoms with van der Waals surface area (Å²) in [6.45, 7) is 0. The molecule has 29 heavy (non-hydrogen) atoms. The average molecular weight is 393 g/mol. The minimum Gasteiger partial charge on any atom is -0.190 e. The molecule has 0 bridgehead atoms. The number of allylic oxidation sites excluding steroid dienone is 5. The maximum atomic E-state index is 4.82. The molecular weight excluding hydrogens is 352 g/mol. The van der Waals surface area contributed by atoms with E-state index in [4.69, 9.17) is 10.2 Å². The summed E-state index contributed by atoms with van der Waals surface area (Å²) in [5, 5.41) is 9.62. The van der Waals surface area contributed by atoms with Crippen molar-refractivity contribution in [3.8, 4) is 0 Å². The number of hydrogen-bond donors (Lipinski definition) is 0. The summed E-state index contributed by atoms with van der Waals surface area (Å²) in [6, 6.07) is 0.941. The Kier molecular flexibility index (Phi) is 6.35. The van der Waals surface area contributed by atoms with Gasteiger partial charge in [-0.05, 0) is 93.0 Å². The minimum absolute atomic E-state index is 0.427. The molecule has 4 aliphatic carbocycles. The molecule has 1 heterocycles. The van der Waals surface area contributed by atoms with E-state index in [-0.39, 0.29) is 0 Å². The van der Waals surface area contributed by atoms with Crippen LogP contribution in [0.1, 0.15) is 89.9 Å². The van der Waals surface area contributed by atoms with Gasteiger partial charge in [-0.25, -0.2) is 0 Å². The van der Waals surface area contributed by atoms with Crippen molar-refractivity contribution < 1.29 is 0 Å². The van der Waals surface area contributed by atoms with Crippen LogP contribution in [0.15, 0.2) is 46.2 Å². The Morgan fingerprint density at radius 1 is 0.690 bits per heavy atom. The molecule has 2 saturated carbocycles. The highest BCUT2D eigenvalue weighted by Crippen LogP contribution is 2.43. The largest absolute Gasteiger partial charge is 0.190 e. The lowest BCUT2D eigenvalue weighted by molar-refractivity contribution is 0.206. The molecule has 0 radical (unpaired) electrons. The second-order valence-corrected chi connectivity index (χ2v) is 10.6. The van der Waals surface area contributed by atoms with Crippen molar-refractivity contribution in [2.75, 3.05) is 0 Å². The Bertz CT molecular complexity index is 658. The standard InChI is InChI=1S/C27H40N2/c1-3-7-20(8-4-1)22-11-15-24(16-12-22)26-19-27(29-28-26)25-17-13-23(14-18-25)21-9-5-2-6-10-21/h1,3-4,7,17,20-24,26-27H,2,5-6,8-16,18-19H2. The summed E-state index contributed by atoms with van der Waals surface area (Å²) in [6.07, 6.45) is 31.3. The third-order valence-electron chi connectivity index (χ3n) is 9.03. The SMILES string of the molecule is C1=CCC(C2CCC(C3CC(C4=CCC(C5CCCCC5)CC4)N=N3)CC2)C=C1. The molecule has 158 valence electrons. The van der Waals surface area contributed by atoms with Gasteiger partial charge in [0.05, 0.1) is 12.1 Å². The Hall–Kier alpha value is -1.18. The summed E-state index contributed by atoms with van der Waals surface area (Å²) >= 11 is 0. The van der Waals surface area contributed by atoms with Gasteiger partial charge in [0, 0.05) is 0 Å². The quantitative estimate of drug-likeness (QED) is 0.436. The van der Waals surface area contributed by atoms with Gasteiger partial charge in [0.2, 0.25) is 0 Å². The Labute approximate surface area is 178 Å². The van der Waals surface area contributed by atoms with Gasteiger partial charge in [-0.2, -0.15) is 10.2 Å². The normalized spacial score (nSPS) is 40.9. The smallest absolute Gasteiger partial charge is 0.0939 e. The second kappa shape index (κ2) is 9.31. The van der Waals surface area contributed by atoms with Crippen LogP contribution in [-0.2, 0) is 0 Å².